The Balaban J connectivity index is 1.27. The fourth-order valence-corrected chi connectivity index (χ4v) is 8.28. The molecule has 1 aromatic heterocycles. The van der Waals surface area contributed by atoms with Gasteiger partial charge >= 0.3 is 0 Å². The second-order valence-corrected chi connectivity index (χ2v) is 12.6. The van der Waals surface area contributed by atoms with Crippen LogP contribution in [0.2, 0.25) is 0 Å². The summed E-state index contributed by atoms with van der Waals surface area (Å²) in [4.78, 5) is 2.35. The highest BCUT2D eigenvalue weighted by molar-refractivity contribution is 7.00. The molecule has 7 aromatic carbocycles. The highest BCUT2D eigenvalue weighted by Crippen LogP contribution is 2.51. The molecule has 1 N–H and O–H groups in total. The lowest BCUT2D eigenvalue weighted by Gasteiger charge is -2.38. The molecule has 0 saturated heterocycles. The van der Waals surface area contributed by atoms with Gasteiger partial charge in [-0.25, -0.2) is 0 Å². The van der Waals surface area contributed by atoms with E-state index in [1.807, 2.05) is 12.1 Å². The summed E-state index contributed by atoms with van der Waals surface area (Å²) in [5, 5.41) is 6.57. The van der Waals surface area contributed by atoms with Crippen LogP contribution in [0, 0.1) is 0 Å². The van der Waals surface area contributed by atoms with Crippen molar-refractivity contribution in [2.45, 2.75) is 0 Å². The van der Waals surface area contributed by atoms with Crippen LogP contribution >= 0.6 is 0 Å². The van der Waals surface area contributed by atoms with E-state index in [1.54, 1.807) is 0 Å². The molecule has 0 fully saturated rings. The molecule has 0 atom stereocenters. The third kappa shape index (κ3) is 3.32. The Labute approximate surface area is 272 Å². The number of nitrogens with zero attached hydrogens (tertiary/aromatic N) is 2. The highest BCUT2D eigenvalue weighted by Gasteiger charge is 2.41. The van der Waals surface area contributed by atoms with E-state index >= 15 is 0 Å². The lowest BCUT2D eigenvalue weighted by atomic mass is 9.34. The summed E-state index contributed by atoms with van der Waals surface area (Å²) in [5.41, 5.74) is 15.5. The minimum absolute atomic E-state index is 0.0822. The van der Waals surface area contributed by atoms with Crippen LogP contribution in [0.15, 0.2) is 152 Å². The molecule has 0 aliphatic carbocycles. The lowest BCUT2D eigenvalue weighted by molar-refractivity contribution is 0.477. The van der Waals surface area contributed by atoms with Gasteiger partial charge in [0.15, 0.2) is 11.5 Å². The molecule has 3 aliphatic heterocycles. The van der Waals surface area contributed by atoms with Crippen molar-refractivity contribution in [3.05, 3.63) is 152 Å². The number of hydrogen-bond donors (Lipinski definition) is 1. The van der Waals surface area contributed by atoms with Crippen molar-refractivity contribution in [2.24, 2.45) is 0 Å². The summed E-state index contributed by atoms with van der Waals surface area (Å²) in [5.74, 6) is 1.69. The van der Waals surface area contributed by atoms with Gasteiger partial charge in [0.05, 0.1) is 22.6 Å². The summed E-state index contributed by atoms with van der Waals surface area (Å²) < 4.78 is 8.92. The molecule has 0 saturated carbocycles. The quantitative estimate of drug-likeness (QED) is 0.201. The lowest BCUT2D eigenvalue weighted by Crippen LogP contribution is -2.59. The topological polar surface area (TPSA) is 29.4 Å². The van der Waals surface area contributed by atoms with Crippen LogP contribution in [-0.2, 0) is 0 Å². The minimum atomic E-state index is 0.0822. The first-order chi connectivity index (χ1) is 23.3. The maximum absolute atomic E-state index is 6.41. The molecular formula is C42H26BN3O. The fourth-order valence-electron chi connectivity index (χ4n) is 8.28. The number of aromatic nitrogens is 1. The molecule has 3 aliphatic rings. The van der Waals surface area contributed by atoms with Crippen molar-refractivity contribution in [2.75, 3.05) is 10.2 Å². The van der Waals surface area contributed by atoms with E-state index in [9.17, 15) is 0 Å². The molecule has 0 bridgehead atoms. The molecule has 0 radical (unpaired) electrons. The maximum Gasteiger partial charge on any atom is 0.252 e. The van der Waals surface area contributed by atoms with Gasteiger partial charge in [0.2, 0.25) is 0 Å². The van der Waals surface area contributed by atoms with Gasteiger partial charge in [0.1, 0.15) is 0 Å². The van der Waals surface area contributed by atoms with Crippen molar-refractivity contribution in [1.82, 2.24) is 4.57 Å². The van der Waals surface area contributed by atoms with Gasteiger partial charge in [0, 0.05) is 38.9 Å². The van der Waals surface area contributed by atoms with Gasteiger partial charge in [0.25, 0.3) is 6.71 Å². The predicted octanol–water partition coefficient (Wildman–Crippen LogP) is 8.91. The summed E-state index contributed by atoms with van der Waals surface area (Å²) in [7, 11) is 0. The SMILES string of the molecule is c1ccc(-c2cccc3c2Nc2cc(N4c5ccccc5Oc5ccccc54)cc4c2B3c2cccc3c5ccccc5n-4c23)cc1. The minimum Gasteiger partial charge on any atom is -0.453 e. The number of benzene rings is 7. The first-order valence-corrected chi connectivity index (χ1v) is 16.2. The van der Waals surface area contributed by atoms with E-state index in [-0.39, 0.29) is 6.71 Å². The van der Waals surface area contributed by atoms with Gasteiger partial charge < -0.3 is 19.5 Å². The first-order valence-electron chi connectivity index (χ1n) is 16.2. The zero-order valence-electron chi connectivity index (χ0n) is 25.3. The van der Waals surface area contributed by atoms with Crippen molar-refractivity contribution in [3.63, 3.8) is 0 Å². The Morgan fingerprint density at radius 1 is 0.553 bits per heavy atom. The largest absolute Gasteiger partial charge is 0.453 e. The molecule has 5 heteroatoms. The third-order valence-electron chi connectivity index (χ3n) is 10.2. The third-order valence-corrected chi connectivity index (χ3v) is 10.2. The summed E-state index contributed by atoms with van der Waals surface area (Å²) in [6.07, 6.45) is 0. The fraction of sp³-hybridized carbons (Fsp3) is 0. The second kappa shape index (κ2) is 9.18. The average Bonchev–Trinajstić information content (AvgIpc) is 3.47. The Bertz CT molecular complexity index is 2560. The van der Waals surface area contributed by atoms with Crippen LogP contribution in [0.4, 0.5) is 28.4 Å². The molecule has 218 valence electrons. The van der Waals surface area contributed by atoms with Crippen LogP contribution in [0.3, 0.4) is 0 Å². The number of rotatable bonds is 2. The van der Waals surface area contributed by atoms with Crippen LogP contribution in [-0.4, -0.2) is 11.3 Å². The number of nitrogens with one attached hydrogen (secondary N) is 1. The van der Waals surface area contributed by atoms with Gasteiger partial charge in [-0.1, -0.05) is 109 Å². The Morgan fingerprint density at radius 2 is 1.23 bits per heavy atom. The molecule has 0 amide bonds. The van der Waals surface area contributed by atoms with E-state index < -0.39 is 0 Å². The smallest absolute Gasteiger partial charge is 0.252 e. The van der Waals surface area contributed by atoms with E-state index in [1.165, 1.54) is 60.7 Å². The molecule has 8 aromatic rings. The van der Waals surface area contributed by atoms with Crippen LogP contribution in [0.5, 0.6) is 11.5 Å². The zero-order chi connectivity index (χ0) is 30.6. The van der Waals surface area contributed by atoms with Gasteiger partial charge in [-0.3, -0.25) is 0 Å². The van der Waals surface area contributed by atoms with Gasteiger partial charge in [-0.05, 0) is 64.4 Å². The second-order valence-electron chi connectivity index (χ2n) is 12.6. The normalized spacial score (nSPS) is 13.4. The van der Waals surface area contributed by atoms with Crippen molar-refractivity contribution < 1.29 is 4.74 Å². The number of fused-ring (bicyclic) bond motifs is 9. The summed E-state index contributed by atoms with van der Waals surface area (Å²) in [6, 6.07) is 54.5. The van der Waals surface area contributed by atoms with Crippen molar-refractivity contribution >= 4 is 73.3 Å². The van der Waals surface area contributed by atoms with Crippen molar-refractivity contribution in [1.29, 1.82) is 0 Å². The van der Waals surface area contributed by atoms with E-state index in [0.29, 0.717) is 0 Å². The molecule has 4 nitrogen and oxygen atoms in total. The van der Waals surface area contributed by atoms with E-state index in [4.69, 9.17) is 4.74 Å². The maximum atomic E-state index is 6.41. The van der Waals surface area contributed by atoms with Gasteiger partial charge in [-0.2, -0.15) is 0 Å². The monoisotopic (exact) mass is 599 g/mol. The van der Waals surface area contributed by atoms with Crippen LogP contribution in [0.1, 0.15) is 0 Å². The molecule has 4 heterocycles. The predicted molar refractivity (Wildman–Crippen MR) is 195 cm³/mol. The van der Waals surface area contributed by atoms with Crippen LogP contribution < -0.4 is 31.3 Å². The standard InChI is InChI=1S/C42H26BN3O/c1-2-12-26(13-3-1)28-15-10-17-31-41(28)44-33-24-27(45-35-20-6-8-22-38(35)47-39-23-9-7-21-36(39)45)25-37-40(33)43(31)32-18-11-16-30-29-14-4-5-19-34(29)46(37)42(30)32/h1-25,44H. The Kier molecular flexibility index (Phi) is 4.89. The summed E-state index contributed by atoms with van der Waals surface area (Å²) >= 11 is 0. The number of ether oxygens (including phenoxy) is 1. The molecule has 0 unspecified atom stereocenters. The number of para-hydroxylation sites is 7. The van der Waals surface area contributed by atoms with E-state index in [2.05, 4.69) is 154 Å². The Hall–Kier alpha value is -6.20. The molecule has 0 spiro atoms. The zero-order valence-corrected chi connectivity index (χ0v) is 25.3. The number of hydrogen-bond acceptors (Lipinski definition) is 3. The number of anilines is 5. The average molecular weight is 600 g/mol. The first kappa shape index (κ1) is 25.0. The summed E-state index contributed by atoms with van der Waals surface area (Å²) in [6.45, 7) is 0.0822. The molecule has 11 rings (SSSR count). The Morgan fingerprint density at radius 3 is 2.06 bits per heavy atom. The molecular weight excluding hydrogens is 573 g/mol. The highest BCUT2D eigenvalue weighted by atomic mass is 16.5. The van der Waals surface area contributed by atoms with E-state index in [0.717, 1.165) is 34.2 Å². The van der Waals surface area contributed by atoms with Gasteiger partial charge in [-0.15, -0.1) is 0 Å². The van der Waals surface area contributed by atoms with Crippen molar-refractivity contribution in [3.8, 4) is 28.3 Å². The van der Waals surface area contributed by atoms with Crippen LogP contribution in [0.25, 0.3) is 38.6 Å². The molecule has 47 heavy (non-hydrogen) atoms.